The van der Waals surface area contributed by atoms with Crippen molar-refractivity contribution >= 4 is 5.91 Å². The molecule has 0 N–H and O–H groups in total. The lowest BCUT2D eigenvalue weighted by Gasteiger charge is -2.32. The van der Waals surface area contributed by atoms with E-state index in [4.69, 9.17) is 9.47 Å². The molecule has 154 valence electrons. The fourth-order valence-corrected chi connectivity index (χ4v) is 4.06. The van der Waals surface area contributed by atoms with Crippen molar-refractivity contribution in [1.82, 2.24) is 9.80 Å². The van der Waals surface area contributed by atoms with E-state index in [1.54, 1.807) is 4.90 Å². The number of amides is 1. The van der Waals surface area contributed by atoms with Crippen LogP contribution < -0.4 is 9.47 Å². The highest BCUT2D eigenvalue weighted by Gasteiger charge is 2.24. The molecule has 2 aliphatic rings. The summed E-state index contributed by atoms with van der Waals surface area (Å²) in [7, 11) is 3.68. The van der Waals surface area contributed by atoms with Gasteiger partial charge < -0.3 is 14.4 Å². The average Bonchev–Trinajstić information content (AvgIpc) is 2.75. The van der Waals surface area contributed by atoms with Crippen LogP contribution in [0, 0.1) is 5.92 Å². The van der Waals surface area contributed by atoms with Crippen LogP contribution in [0.4, 0.5) is 0 Å². The number of fused-ring (bicyclic) bond motifs is 1. The average molecular weight is 395 g/mol. The minimum absolute atomic E-state index is 0.0658. The fourth-order valence-electron chi connectivity index (χ4n) is 4.06. The minimum Gasteiger partial charge on any atom is -0.485 e. The summed E-state index contributed by atoms with van der Waals surface area (Å²) >= 11 is 0. The maximum atomic E-state index is 11.9. The predicted molar refractivity (Wildman–Crippen MR) is 113 cm³/mol. The van der Waals surface area contributed by atoms with E-state index in [1.807, 2.05) is 38.4 Å². The zero-order valence-electron chi connectivity index (χ0n) is 17.3. The Kier molecular flexibility index (Phi) is 6.05. The zero-order valence-corrected chi connectivity index (χ0v) is 17.3. The summed E-state index contributed by atoms with van der Waals surface area (Å²) in [6.07, 6.45) is 2.82. The lowest BCUT2D eigenvalue weighted by Crippen LogP contribution is -2.35. The summed E-state index contributed by atoms with van der Waals surface area (Å²) < 4.78 is 11.9. The number of likely N-dealkylation sites (tertiary alicyclic amines) is 1. The molecule has 1 amide bonds. The van der Waals surface area contributed by atoms with Crippen molar-refractivity contribution in [3.05, 3.63) is 59.7 Å². The van der Waals surface area contributed by atoms with Crippen LogP contribution in [0.3, 0.4) is 0 Å². The van der Waals surface area contributed by atoms with Gasteiger partial charge in [-0.3, -0.25) is 9.69 Å². The molecule has 5 heteroatoms. The maximum absolute atomic E-state index is 11.9. The summed E-state index contributed by atoms with van der Waals surface area (Å²) in [6, 6.07) is 16.5. The molecule has 0 bridgehead atoms. The van der Waals surface area contributed by atoms with E-state index in [1.165, 1.54) is 5.56 Å². The second-order valence-corrected chi connectivity index (χ2v) is 8.32. The molecule has 4 rings (SSSR count). The number of piperidine rings is 1. The molecule has 2 aromatic carbocycles. The van der Waals surface area contributed by atoms with Gasteiger partial charge in [-0.1, -0.05) is 36.4 Å². The zero-order chi connectivity index (χ0) is 20.2. The minimum atomic E-state index is -0.0658. The van der Waals surface area contributed by atoms with Crippen molar-refractivity contribution in [3.63, 3.8) is 0 Å². The molecule has 2 aliphatic heterocycles. The third-order valence-corrected chi connectivity index (χ3v) is 5.94. The Balaban J connectivity index is 1.28. The number of rotatable bonds is 5. The third-order valence-electron chi connectivity index (χ3n) is 5.94. The number of benzene rings is 2. The molecule has 1 saturated heterocycles. The van der Waals surface area contributed by atoms with Crippen LogP contribution in [0.25, 0.3) is 0 Å². The van der Waals surface area contributed by atoms with Gasteiger partial charge in [0.15, 0.2) is 17.6 Å². The normalized spacial score (nSPS) is 19.7. The van der Waals surface area contributed by atoms with Gasteiger partial charge in [0, 0.05) is 27.1 Å². The quantitative estimate of drug-likeness (QED) is 0.772. The smallest absolute Gasteiger partial charge is 0.222 e. The van der Waals surface area contributed by atoms with Gasteiger partial charge >= 0.3 is 0 Å². The van der Waals surface area contributed by atoms with Gasteiger partial charge in [-0.05, 0) is 55.1 Å². The lowest BCUT2D eigenvalue weighted by atomic mass is 9.92. The second-order valence-electron chi connectivity index (χ2n) is 8.32. The van der Waals surface area contributed by atoms with E-state index in [2.05, 4.69) is 29.2 Å². The molecule has 0 aromatic heterocycles. The largest absolute Gasteiger partial charge is 0.485 e. The van der Waals surface area contributed by atoms with E-state index < -0.39 is 0 Å². The van der Waals surface area contributed by atoms with E-state index in [-0.39, 0.29) is 12.0 Å². The van der Waals surface area contributed by atoms with Gasteiger partial charge in [-0.2, -0.15) is 0 Å². The first-order valence-electron chi connectivity index (χ1n) is 10.5. The highest BCUT2D eigenvalue weighted by Crippen LogP contribution is 2.35. The molecule has 2 heterocycles. The number of carbonyl (C=O) groups is 1. The Morgan fingerprint density at radius 3 is 2.41 bits per heavy atom. The van der Waals surface area contributed by atoms with E-state index in [9.17, 15) is 4.79 Å². The van der Waals surface area contributed by atoms with Crippen LogP contribution in [0.5, 0.6) is 11.5 Å². The van der Waals surface area contributed by atoms with Crippen molar-refractivity contribution in [2.45, 2.75) is 31.9 Å². The van der Waals surface area contributed by atoms with Crippen molar-refractivity contribution in [2.24, 2.45) is 5.92 Å². The highest BCUT2D eigenvalue weighted by molar-refractivity contribution is 5.75. The first-order valence-corrected chi connectivity index (χ1v) is 10.5. The summed E-state index contributed by atoms with van der Waals surface area (Å²) in [5.74, 6) is 2.39. The molecule has 5 nitrogen and oxygen atoms in total. The Hall–Kier alpha value is -2.53. The highest BCUT2D eigenvalue weighted by atomic mass is 16.6. The summed E-state index contributed by atoms with van der Waals surface area (Å²) in [5.41, 5.74) is 2.46. The molecular formula is C24H30N2O3. The van der Waals surface area contributed by atoms with Gasteiger partial charge in [0.1, 0.15) is 6.61 Å². The van der Waals surface area contributed by atoms with Gasteiger partial charge in [-0.15, -0.1) is 0 Å². The number of para-hydroxylation sites is 2. The summed E-state index contributed by atoms with van der Waals surface area (Å²) in [4.78, 5) is 16.1. The molecule has 0 spiro atoms. The van der Waals surface area contributed by atoms with E-state index >= 15 is 0 Å². The molecule has 0 saturated carbocycles. The SMILES string of the molecule is CN(C)C(=O)CC1CCN(Cc2ccc(C3COc4ccccc4O3)cc2)CC1. The van der Waals surface area contributed by atoms with Crippen molar-refractivity contribution in [1.29, 1.82) is 0 Å². The topological polar surface area (TPSA) is 42.0 Å². The van der Waals surface area contributed by atoms with E-state index in [0.29, 0.717) is 18.9 Å². The van der Waals surface area contributed by atoms with Crippen LogP contribution in [-0.2, 0) is 11.3 Å². The molecule has 1 unspecified atom stereocenters. The number of hydrogen-bond donors (Lipinski definition) is 0. The van der Waals surface area contributed by atoms with Crippen molar-refractivity contribution in [2.75, 3.05) is 33.8 Å². The van der Waals surface area contributed by atoms with Gasteiger partial charge in [0.25, 0.3) is 0 Å². The van der Waals surface area contributed by atoms with Gasteiger partial charge in [-0.25, -0.2) is 0 Å². The number of carbonyl (C=O) groups excluding carboxylic acids is 1. The Morgan fingerprint density at radius 1 is 1.03 bits per heavy atom. The third kappa shape index (κ3) is 4.91. The van der Waals surface area contributed by atoms with Crippen molar-refractivity contribution < 1.29 is 14.3 Å². The summed E-state index contributed by atoms with van der Waals surface area (Å²) in [6.45, 7) is 3.61. The molecule has 1 fully saturated rings. The standard InChI is InChI=1S/C24H30N2O3/c1-25(2)24(27)15-18-11-13-26(14-12-18)16-19-7-9-20(10-8-19)23-17-28-21-5-3-4-6-22(21)29-23/h3-10,18,23H,11-17H2,1-2H3. The van der Waals surface area contributed by atoms with E-state index in [0.717, 1.165) is 49.5 Å². The Bertz CT molecular complexity index is 826. The molecule has 1 atom stereocenters. The monoisotopic (exact) mass is 394 g/mol. The van der Waals surface area contributed by atoms with Crippen LogP contribution in [0.2, 0.25) is 0 Å². The first-order chi connectivity index (χ1) is 14.1. The van der Waals surface area contributed by atoms with Crippen LogP contribution in [-0.4, -0.2) is 49.5 Å². The van der Waals surface area contributed by atoms with Crippen LogP contribution in [0.15, 0.2) is 48.5 Å². The number of hydrogen-bond acceptors (Lipinski definition) is 4. The molecular weight excluding hydrogens is 364 g/mol. The predicted octanol–water partition coefficient (Wildman–Crippen LogP) is 3.89. The lowest BCUT2D eigenvalue weighted by molar-refractivity contribution is -0.130. The summed E-state index contributed by atoms with van der Waals surface area (Å²) in [5, 5.41) is 0. The molecule has 0 radical (unpaired) electrons. The Morgan fingerprint density at radius 2 is 1.72 bits per heavy atom. The van der Waals surface area contributed by atoms with Gasteiger partial charge in [0.2, 0.25) is 5.91 Å². The number of ether oxygens (including phenoxy) is 2. The molecule has 29 heavy (non-hydrogen) atoms. The fraction of sp³-hybridized carbons (Fsp3) is 0.458. The Labute approximate surface area is 173 Å². The van der Waals surface area contributed by atoms with Gasteiger partial charge in [0.05, 0.1) is 0 Å². The molecule has 2 aromatic rings. The molecule has 0 aliphatic carbocycles. The maximum Gasteiger partial charge on any atom is 0.222 e. The van der Waals surface area contributed by atoms with Crippen LogP contribution >= 0.6 is 0 Å². The van der Waals surface area contributed by atoms with Crippen molar-refractivity contribution in [3.8, 4) is 11.5 Å². The number of nitrogens with zero attached hydrogens (tertiary/aromatic N) is 2. The first kappa shape index (κ1) is 19.8. The second kappa shape index (κ2) is 8.87. The van der Waals surface area contributed by atoms with Crippen LogP contribution in [0.1, 0.15) is 36.5 Å².